The Morgan fingerprint density at radius 1 is 1.83 bits per heavy atom. The van der Waals surface area contributed by atoms with Crippen LogP contribution in [-0.2, 0) is 11.3 Å². The summed E-state index contributed by atoms with van der Waals surface area (Å²) in [6, 6.07) is 0. The average Bonchev–Trinajstić information content (AvgIpc) is 2.47. The van der Waals surface area contributed by atoms with E-state index in [0.717, 1.165) is 9.88 Å². The lowest BCUT2D eigenvalue weighted by Gasteiger charge is -1.98. The molecule has 1 rings (SSSR count). The molecule has 4 heteroatoms. The van der Waals surface area contributed by atoms with Gasteiger partial charge < -0.3 is 5.32 Å². The first kappa shape index (κ1) is 9.19. The number of rotatable bonds is 3. The molecule has 1 aromatic rings. The number of aryl methyl sites for hydroxylation is 1. The van der Waals surface area contributed by atoms with E-state index in [4.69, 9.17) is 0 Å². The molecule has 0 aliphatic heterocycles. The van der Waals surface area contributed by atoms with Gasteiger partial charge in [-0.3, -0.25) is 4.79 Å². The van der Waals surface area contributed by atoms with E-state index < -0.39 is 0 Å². The highest BCUT2D eigenvalue weighted by Crippen LogP contribution is 2.10. The molecule has 68 valence electrons. The molecule has 0 aliphatic rings. The Balaban J connectivity index is 0.00000144. The lowest BCUT2D eigenvalue weighted by atomic mass is 10.4. The van der Waals surface area contributed by atoms with Crippen LogP contribution in [0.15, 0.2) is 6.20 Å². The zero-order valence-corrected chi connectivity index (χ0v) is 8.07. The maximum atomic E-state index is 10.9. The van der Waals surface area contributed by atoms with Crippen LogP contribution in [0.5, 0.6) is 0 Å². The Morgan fingerprint density at radius 2 is 2.58 bits per heavy atom. The SMILES string of the molecule is CCC(=O)NCc1cnc(C)s1.[HH]. The van der Waals surface area contributed by atoms with Crippen LogP contribution in [0.25, 0.3) is 0 Å². The number of hydrogen-bond acceptors (Lipinski definition) is 3. The van der Waals surface area contributed by atoms with Crippen molar-refractivity contribution in [2.75, 3.05) is 0 Å². The molecule has 1 aromatic heterocycles. The quantitative estimate of drug-likeness (QED) is 0.781. The van der Waals surface area contributed by atoms with Crippen LogP contribution in [0.4, 0.5) is 0 Å². The van der Waals surface area contributed by atoms with Gasteiger partial charge in [-0.05, 0) is 6.92 Å². The molecule has 3 nitrogen and oxygen atoms in total. The molecule has 0 bridgehead atoms. The summed E-state index contributed by atoms with van der Waals surface area (Å²) in [7, 11) is 0. The predicted molar refractivity (Wildman–Crippen MR) is 51.1 cm³/mol. The normalized spacial score (nSPS) is 9.83. The standard InChI is InChI=1S/C8H12N2OS.H2/c1-3-8(11)10-5-7-4-9-6(2)12-7;/h4H,3,5H2,1-2H3,(H,10,11);1H. The third-order valence-corrected chi connectivity index (χ3v) is 2.36. The first-order valence-corrected chi connectivity index (χ1v) is 4.72. The van der Waals surface area contributed by atoms with E-state index in [9.17, 15) is 4.79 Å². The molecule has 0 fully saturated rings. The number of amides is 1. The molecule has 0 saturated heterocycles. The molecule has 1 amide bonds. The topological polar surface area (TPSA) is 42.0 Å². The Morgan fingerprint density at radius 3 is 3.08 bits per heavy atom. The van der Waals surface area contributed by atoms with Crippen molar-refractivity contribution in [1.29, 1.82) is 0 Å². The molecule has 12 heavy (non-hydrogen) atoms. The summed E-state index contributed by atoms with van der Waals surface area (Å²) in [5, 5.41) is 3.83. The van der Waals surface area contributed by atoms with E-state index in [1.807, 2.05) is 13.8 Å². The molecule has 0 spiro atoms. The van der Waals surface area contributed by atoms with Crippen molar-refractivity contribution in [3.63, 3.8) is 0 Å². The number of carbonyl (C=O) groups is 1. The van der Waals surface area contributed by atoms with Gasteiger partial charge in [-0.1, -0.05) is 6.92 Å². The highest BCUT2D eigenvalue weighted by atomic mass is 32.1. The fourth-order valence-corrected chi connectivity index (χ4v) is 1.53. The second kappa shape index (κ2) is 4.21. The molecular weight excluding hydrogens is 172 g/mol. The minimum absolute atomic E-state index is 0. The van der Waals surface area contributed by atoms with Crippen LogP contribution < -0.4 is 5.32 Å². The van der Waals surface area contributed by atoms with Crippen LogP contribution in [0.3, 0.4) is 0 Å². The van der Waals surface area contributed by atoms with Gasteiger partial charge >= 0.3 is 0 Å². The van der Waals surface area contributed by atoms with E-state index in [1.165, 1.54) is 0 Å². The molecule has 0 atom stereocenters. The largest absolute Gasteiger partial charge is 0.351 e. The first-order valence-electron chi connectivity index (χ1n) is 3.90. The highest BCUT2D eigenvalue weighted by Gasteiger charge is 1.99. The zero-order chi connectivity index (χ0) is 8.97. The van der Waals surface area contributed by atoms with Crippen molar-refractivity contribution >= 4 is 17.2 Å². The van der Waals surface area contributed by atoms with E-state index in [0.29, 0.717) is 13.0 Å². The van der Waals surface area contributed by atoms with Crippen LogP contribution in [0.2, 0.25) is 0 Å². The van der Waals surface area contributed by atoms with Crippen LogP contribution in [0.1, 0.15) is 24.7 Å². The minimum Gasteiger partial charge on any atom is -0.351 e. The molecule has 0 aromatic carbocycles. The summed E-state index contributed by atoms with van der Waals surface area (Å²) >= 11 is 1.61. The van der Waals surface area contributed by atoms with Gasteiger partial charge in [-0.15, -0.1) is 11.3 Å². The third-order valence-electron chi connectivity index (χ3n) is 1.45. The summed E-state index contributed by atoms with van der Waals surface area (Å²) in [4.78, 5) is 16.1. The van der Waals surface area contributed by atoms with Gasteiger partial charge in [0.25, 0.3) is 0 Å². The van der Waals surface area contributed by atoms with Gasteiger partial charge in [-0.2, -0.15) is 0 Å². The molecule has 1 N–H and O–H groups in total. The maximum Gasteiger partial charge on any atom is 0.220 e. The van der Waals surface area contributed by atoms with Gasteiger partial charge in [0.2, 0.25) is 5.91 Å². The fourth-order valence-electron chi connectivity index (χ4n) is 0.798. The molecule has 0 saturated carbocycles. The number of carbonyl (C=O) groups excluding carboxylic acids is 1. The van der Waals surface area contributed by atoms with Crippen LogP contribution in [-0.4, -0.2) is 10.9 Å². The van der Waals surface area contributed by atoms with Gasteiger partial charge in [0.15, 0.2) is 0 Å². The van der Waals surface area contributed by atoms with Gasteiger partial charge in [-0.25, -0.2) is 4.98 Å². The Kier molecular flexibility index (Phi) is 3.22. The van der Waals surface area contributed by atoms with Gasteiger partial charge in [0.1, 0.15) is 0 Å². The van der Waals surface area contributed by atoms with Crippen molar-refractivity contribution in [3.8, 4) is 0 Å². The summed E-state index contributed by atoms with van der Waals surface area (Å²) in [6.07, 6.45) is 2.34. The molecular formula is C8H14N2OS. The lowest BCUT2D eigenvalue weighted by molar-refractivity contribution is -0.120. The summed E-state index contributed by atoms with van der Waals surface area (Å²) < 4.78 is 0. The van der Waals surface area contributed by atoms with Crippen molar-refractivity contribution in [3.05, 3.63) is 16.1 Å². The van der Waals surface area contributed by atoms with E-state index >= 15 is 0 Å². The Labute approximate surface area is 77.3 Å². The smallest absolute Gasteiger partial charge is 0.220 e. The molecule has 0 aliphatic carbocycles. The van der Waals surface area contributed by atoms with Gasteiger partial charge in [0.05, 0.1) is 11.6 Å². The predicted octanol–water partition coefficient (Wildman–Crippen LogP) is 1.72. The molecule has 0 radical (unpaired) electrons. The van der Waals surface area contributed by atoms with Crippen molar-refractivity contribution < 1.29 is 6.22 Å². The molecule has 1 heterocycles. The van der Waals surface area contributed by atoms with Crippen LogP contribution >= 0.6 is 11.3 Å². The summed E-state index contributed by atoms with van der Waals surface area (Å²) in [6.45, 7) is 4.40. The van der Waals surface area contributed by atoms with Crippen molar-refractivity contribution in [1.82, 2.24) is 10.3 Å². The zero-order valence-electron chi connectivity index (χ0n) is 7.26. The molecule has 0 unspecified atom stereocenters. The van der Waals surface area contributed by atoms with E-state index in [1.54, 1.807) is 17.5 Å². The van der Waals surface area contributed by atoms with Crippen molar-refractivity contribution in [2.45, 2.75) is 26.8 Å². The number of nitrogens with zero attached hydrogens (tertiary/aromatic N) is 1. The summed E-state index contributed by atoms with van der Waals surface area (Å²) in [5.41, 5.74) is 0. The second-order valence-electron chi connectivity index (χ2n) is 2.48. The Hall–Kier alpha value is -0.900. The highest BCUT2D eigenvalue weighted by molar-refractivity contribution is 7.11. The number of nitrogens with one attached hydrogen (secondary N) is 1. The number of aromatic nitrogens is 1. The first-order chi connectivity index (χ1) is 5.72. The second-order valence-corrected chi connectivity index (χ2v) is 3.80. The minimum atomic E-state index is 0. The lowest BCUT2D eigenvalue weighted by Crippen LogP contribution is -2.20. The third kappa shape index (κ3) is 2.62. The van der Waals surface area contributed by atoms with Crippen molar-refractivity contribution in [2.24, 2.45) is 0 Å². The van der Waals surface area contributed by atoms with E-state index in [-0.39, 0.29) is 7.33 Å². The van der Waals surface area contributed by atoms with E-state index in [2.05, 4.69) is 10.3 Å². The number of hydrogen-bond donors (Lipinski definition) is 1. The summed E-state index contributed by atoms with van der Waals surface area (Å²) in [5.74, 6) is 0.0843. The number of thiazole rings is 1. The monoisotopic (exact) mass is 186 g/mol. The average molecular weight is 186 g/mol. The fraction of sp³-hybridized carbons (Fsp3) is 0.500. The Bertz CT molecular complexity index is 275. The van der Waals surface area contributed by atoms with Gasteiger partial charge in [0, 0.05) is 18.9 Å². The maximum absolute atomic E-state index is 10.9. The van der Waals surface area contributed by atoms with Crippen LogP contribution in [0, 0.1) is 6.92 Å².